The molecule has 0 atom stereocenters. The van der Waals surface area contributed by atoms with E-state index < -0.39 is 0 Å². The molecule has 0 amide bonds. The minimum atomic E-state index is 0.684. The molecule has 5 rings (SSSR count). The van der Waals surface area contributed by atoms with Crippen LogP contribution in [0.15, 0.2) is 67.3 Å². The predicted molar refractivity (Wildman–Crippen MR) is 147 cm³/mol. The average molecular weight is 498 g/mol. The minimum Gasteiger partial charge on any atom is -0.383 e. The fourth-order valence-electron chi connectivity index (χ4n) is 4.80. The van der Waals surface area contributed by atoms with E-state index in [0.29, 0.717) is 6.42 Å². The normalized spacial score (nSPS) is 14.6. The molecule has 1 fully saturated rings. The van der Waals surface area contributed by atoms with E-state index in [1.807, 2.05) is 35.3 Å². The van der Waals surface area contributed by atoms with Gasteiger partial charge in [-0.3, -0.25) is 14.6 Å². The van der Waals surface area contributed by atoms with Gasteiger partial charge in [0.1, 0.15) is 11.5 Å². The molecule has 0 aliphatic carbocycles. The van der Waals surface area contributed by atoms with Crippen LogP contribution in [0, 0.1) is 0 Å². The molecule has 192 valence electrons. The van der Waals surface area contributed by atoms with Crippen molar-refractivity contribution in [2.45, 2.75) is 26.3 Å². The Kier molecular flexibility index (Phi) is 8.18. The maximum absolute atomic E-state index is 5.25. The summed E-state index contributed by atoms with van der Waals surface area (Å²) < 4.78 is 7.19. The van der Waals surface area contributed by atoms with Crippen LogP contribution in [0.3, 0.4) is 0 Å². The first-order chi connectivity index (χ1) is 18.2. The molecule has 1 aliphatic rings. The minimum absolute atomic E-state index is 0.684. The fraction of sp³-hybridized carbons (Fsp3) is 0.379. The van der Waals surface area contributed by atoms with Crippen molar-refractivity contribution < 1.29 is 4.74 Å². The summed E-state index contributed by atoms with van der Waals surface area (Å²) >= 11 is 0. The van der Waals surface area contributed by atoms with E-state index in [0.717, 1.165) is 74.2 Å². The van der Waals surface area contributed by atoms with Gasteiger partial charge in [0.15, 0.2) is 0 Å². The van der Waals surface area contributed by atoms with Crippen LogP contribution in [0.4, 0.5) is 5.69 Å². The van der Waals surface area contributed by atoms with Gasteiger partial charge >= 0.3 is 0 Å². The molecule has 0 radical (unpaired) electrons. The van der Waals surface area contributed by atoms with Crippen molar-refractivity contribution in [1.82, 2.24) is 29.6 Å². The topological polar surface area (TPSA) is 72.2 Å². The largest absolute Gasteiger partial charge is 0.383 e. The molecule has 4 heterocycles. The van der Waals surface area contributed by atoms with Crippen LogP contribution in [0.5, 0.6) is 0 Å². The number of rotatable bonds is 9. The number of pyridine rings is 1. The van der Waals surface area contributed by atoms with Crippen molar-refractivity contribution in [3.63, 3.8) is 0 Å². The summed E-state index contributed by atoms with van der Waals surface area (Å²) in [4.78, 5) is 18.7. The number of hydrogen-bond donors (Lipinski definition) is 0. The molecule has 0 spiro atoms. The first kappa shape index (κ1) is 25.0. The van der Waals surface area contributed by atoms with Gasteiger partial charge in [0, 0.05) is 87.9 Å². The van der Waals surface area contributed by atoms with E-state index in [2.05, 4.69) is 57.2 Å². The Bertz CT molecular complexity index is 1270. The Hall–Kier alpha value is -3.62. The monoisotopic (exact) mass is 497 g/mol. The van der Waals surface area contributed by atoms with Crippen molar-refractivity contribution in [2.75, 3.05) is 51.3 Å². The molecular formula is C29H35N7O. The van der Waals surface area contributed by atoms with E-state index in [-0.39, 0.29) is 0 Å². The summed E-state index contributed by atoms with van der Waals surface area (Å²) in [5.41, 5.74) is 6.23. The van der Waals surface area contributed by atoms with Gasteiger partial charge in [0.25, 0.3) is 0 Å². The number of nitrogens with zero attached hydrogens (tertiary/aromatic N) is 7. The zero-order valence-corrected chi connectivity index (χ0v) is 21.8. The Morgan fingerprint density at radius 3 is 2.65 bits per heavy atom. The maximum Gasteiger partial charge on any atom is 0.133 e. The Balaban J connectivity index is 1.29. The fourth-order valence-corrected chi connectivity index (χ4v) is 4.80. The van der Waals surface area contributed by atoms with Gasteiger partial charge in [-0.1, -0.05) is 12.1 Å². The highest BCUT2D eigenvalue weighted by molar-refractivity contribution is 5.78. The van der Waals surface area contributed by atoms with Gasteiger partial charge in [-0.05, 0) is 55.8 Å². The number of benzene rings is 1. The van der Waals surface area contributed by atoms with E-state index in [4.69, 9.17) is 14.8 Å². The van der Waals surface area contributed by atoms with Gasteiger partial charge in [-0.2, -0.15) is 5.10 Å². The number of methoxy groups -OCH3 is 1. The number of aromatic nitrogens is 5. The maximum atomic E-state index is 5.25. The molecule has 8 heteroatoms. The lowest BCUT2D eigenvalue weighted by molar-refractivity contribution is 0.152. The van der Waals surface area contributed by atoms with Crippen LogP contribution >= 0.6 is 0 Å². The van der Waals surface area contributed by atoms with Gasteiger partial charge in [-0.25, -0.2) is 9.97 Å². The van der Waals surface area contributed by atoms with Gasteiger partial charge in [0.05, 0.1) is 12.3 Å². The number of hydrogen-bond acceptors (Lipinski definition) is 7. The zero-order valence-electron chi connectivity index (χ0n) is 21.8. The van der Waals surface area contributed by atoms with Crippen LogP contribution in [0.2, 0.25) is 0 Å². The molecule has 4 aromatic rings. The molecule has 1 aliphatic heterocycles. The van der Waals surface area contributed by atoms with E-state index >= 15 is 0 Å². The third-order valence-corrected chi connectivity index (χ3v) is 6.87. The van der Waals surface area contributed by atoms with Gasteiger partial charge < -0.3 is 9.64 Å². The van der Waals surface area contributed by atoms with Crippen LogP contribution in [-0.4, -0.2) is 76.1 Å². The lowest BCUT2D eigenvalue weighted by atomic mass is 10.1. The van der Waals surface area contributed by atoms with Crippen molar-refractivity contribution in [2.24, 2.45) is 0 Å². The Labute approximate surface area is 219 Å². The van der Waals surface area contributed by atoms with Crippen molar-refractivity contribution >= 4 is 5.69 Å². The Morgan fingerprint density at radius 1 is 0.973 bits per heavy atom. The summed E-state index contributed by atoms with van der Waals surface area (Å²) in [6.45, 7) is 9.00. The zero-order chi connectivity index (χ0) is 25.5. The smallest absolute Gasteiger partial charge is 0.133 e. The third-order valence-electron chi connectivity index (χ3n) is 6.87. The Morgan fingerprint density at radius 2 is 1.86 bits per heavy atom. The van der Waals surface area contributed by atoms with E-state index in [1.54, 1.807) is 13.3 Å². The van der Waals surface area contributed by atoms with E-state index in [9.17, 15) is 0 Å². The number of anilines is 1. The van der Waals surface area contributed by atoms with Crippen LogP contribution in [-0.2, 0) is 17.7 Å². The van der Waals surface area contributed by atoms with Crippen molar-refractivity contribution in [3.8, 4) is 22.5 Å². The molecule has 0 N–H and O–H groups in total. The highest BCUT2D eigenvalue weighted by atomic mass is 16.5. The van der Waals surface area contributed by atoms with Gasteiger partial charge in [0.2, 0.25) is 0 Å². The second-order valence-corrected chi connectivity index (χ2v) is 9.37. The number of aryl methyl sites for hydroxylation is 1. The second kappa shape index (κ2) is 12.1. The molecule has 0 unspecified atom stereocenters. The lowest BCUT2D eigenvalue weighted by Crippen LogP contribution is -2.32. The summed E-state index contributed by atoms with van der Waals surface area (Å²) in [5.74, 6) is 0.801. The molecule has 37 heavy (non-hydrogen) atoms. The SMILES string of the molecule is CCn1cc(-c2ccnc(Cc3ccc(N4CCCN(CCOC)CC4)cc3)n2)c(-c2cccnc2)n1. The highest BCUT2D eigenvalue weighted by Crippen LogP contribution is 2.29. The molecule has 0 bridgehead atoms. The number of ether oxygens (including phenoxy) is 1. The quantitative estimate of drug-likeness (QED) is 0.344. The molecule has 1 saturated heterocycles. The summed E-state index contributed by atoms with van der Waals surface area (Å²) in [6.07, 6.45) is 9.37. The molecule has 1 aromatic carbocycles. The average Bonchev–Trinajstić information content (AvgIpc) is 3.25. The molecule has 3 aromatic heterocycles. The summed E-state index contributed by atoms with van der Waals surface area (Å²) in [6, 6.07) is 14.8. The summed E-state index contributed by atoms with van der Waals surface area (Å²) in [5, 5.41) is 4.77. The van der Waals surface area contributed by atoms with Crippen LogP contribution in [0.25, 0.3) is 22.5 Å². The highest BCUT2D eigenvalue weighted by Gasteiger charge is 2.16. The van der Waals surface area contributed by atoms with Crippen LogP contribution in [0.1, 0.15) is 24.7 Å². The van der Waals surface area contributed by atoms with Crippen LogP contribution < -0.4 is 4.90 Å². The second-order valence-electron chi connectivity index (χ2n) is 9.37. The first-order valence-electron chi connectivity index (χ1n) is 13.1. The molecule has 8 nitrogen and oxygen atoms in total. The summed E-state index contributed by atoms with van der Waals surface area (Å²) in [7, 11) is 1.77. The molecule has 0 saturated carbocycles. The first-order valence-corrected chi connectivity index (χ1v) is 13.1. The lowest BCUT2D eigenvalue weighted by Gasteiger charge is -2.23. The van der Waals surface area contributed by atoms with Crippen molar-refractivity contribution in [1.29, 1.82) is 0 Å². The molecular weight excluding hydrogens is 462 g/mol. The third kappa shape index (κ3) is 6.21. The van der Waals surface area contributed by atoms with Gasteiger partial charge in [-0.15, -0.1) is 0 Å². The van der Waals surface area contributed by atoms with E-state index in [1.165, 1.54) is 17.7 Å². The predicted octanol–water partition coefficient (Wildman–Crippen LogP) is 4.17. The van der Waals surface area contributed by atoms with Crippen molar-refractivity contribution in [3.05, 3.63) is 78.6 Å². The standard InChI is InChI=1S/C29H35N7O/c1-3-36-22-26(29(33-36)24-6-4-12-30-21-24)27-11-13-31-28(32-27)20-23-7-9-25(10-8-23)35-15-5-14-34(16-17-35)18-19-37-2/h4,6-13,21-22H,3,5,14-20H2,1-2H3.